The van der Waals surface area contributed by atoms with Gasteiger partial charge in [0.05, 0.1) is 30.3 Å². The summed E-state index contributed by atoms with van der Waals surface area (Å²) in [5, 5.41) is 0.236. The first-order valence-electron chi connectivity index (χ1n) is 4.87. The number of rotatable bonds is 4. The van der Waals surface area contributed by atoms with Crippen molar-refractivity contribution in [3.05, 3.63) is 35.7 Å². The highest BCUT2D eigenvalue weighted by Gasteiger charge is 2.17. The van der Waals surface area contributed by atoms with E-state index in [4.69, 9.17) is 16.3 Å². The molecule has 0 saturated carbocycles. The van der Waals surface area contributed by atoms with E-state index in [1.54, 1.807) is 12.1 Å². The van der Waals surface area contributed by atoms with Gasteiger partial charge < -0.3 is 9.72 Å². The van der Waals surface area contributed by atoms with Gasteiger partial charge in [-0.1, -0.05) is 11.6 Å². The minimum Gasteiger partial charge on any atom is -0.497 e. The Morgan fingerprint density at radius 1 is 1.44 bits per heavy atom. The highest BCUT2D eigenvalue weighted by atomic mass is 35.5. The Bertz CT molecular complexity index is 640. The highest BCUT2D eigenvalue weighted by Crippen LogP contribution is 2.28. The van der Waals surface area contributed by atoms with Crippen molar-refractivity contribution in [2.24, 2.45) is 0 Å². The van der Waals surface area contributed by atoms with Crippen molar-refractivity contribution >= 4 is 27.3 Å². The number of imidazole rings is 1. The Kier molecular flexibility index (Phi) is 3.44. The van der Waals surface area contributed by atoms with E-state index >= 15 is 0 Å². The van der Waals surface area contributed by atoms with E-state index in [1.165, 1.54) is 25.7 Å². The SMILES string of the molecule is COc1ccc(Cl)c(NS(=O)(=O)c2cnc[nH]2)c1. The summed E-state index contributed by atoms with van der Waals surface area (Å²) in [4.78, 5) is 6.16. The molecule has 1 aromatic carbocycles. The fourth-order valence-corrected chi connectivity index (χ4v) is 2.50. The minimum atomic E-state index is -3.73. The maximum atomic E-state index is 11.9. The predicted octanol–water partition coefficient (Wildman–Crippen LogP) is 1.87. The van der Waals surface area contributed by atoms with E-state index in [-0.39, 0.29) is 15.7 Å². The number of halogens is 1. The third kappa shape index (κ3) is 2.57. The number of H-pyrrole nitrogens is 1. The Balaban J connectivity index is 2.35. The van der Waals surface area contributed by atoms with Gasteiger partial charge in [-0.05, 0) is 12.1 Å². The molecular weight excluding hydrogens is 278 g/mol. The number of aromatic amines is 1. The summed E-state index contributed by atoms with van der Waals surface area (Å²) >= 11 is 5.91. The van der Waals surface area contributed by atoms with Gasteiger partial charge in [-0.25, -0.2) is 4.98 Å². The van der Waals surface area contributed by atoms with Crippen LogP contribution in [0.15, 0.2) is 35.7 Å². The molecule has 0 aliphatic rings. The van der Waals surface area contributed by atoms with E-state index in [1.807, 2.05) is 0 Å². The number of anilines is 1. The first-order valence-corrected chi connectivity index (χ1v) is 6.74. The van der Waals surface area contributed by atoms with Crippen LogP contribution in [-0.2, 0) is 10.0 Å². The van der Waals surface area contributed by atoms with Crippen LogP contribution in [0.3, 0.4) is 0 Å². The van der Waals surface area contributed by atoms with E-state index in [0.29, 0.717) is 5.75 Å². The van der Waals surface area contributed by atoms with Crippen molar-refractivity contribution in [3.8, 4) is 5.75 Å². The van der Waals surface area contributed by atoms with Crippen LogP contribution in [0.5, 0.6) is 5.75 Å². The van der Waals surface area contributed by atoms with Crippen LogP contribution in [0.1, 0.15) is 0 Å². The lowest BCUT2D eigenvalue weighted by molar-refractivity contribution is 0.415. The zero-order valence-corrected chi connectivity index (χ0v) is 10.9. The largest absolute Gasteiger partial charge is 0.497 e. The highest BCUT2D eigenvalue weighted by molar-refractivity contribution is 7.92. The van der Waals surface area contributed by atoms with Gasteiger partial charge in [-0.3, -0.25) is 4.72 Å². The zero-order chi connectivity index (χ0) is 13.2. The molecule has 2 rings (SSSR count). The van der Waals surface area contributed by atoms with Crippen LogP contribution in [0, 0.1) is 0 Å². The van der Waals surface area contributed by atoms with Crippen LogP contribution in [0.25, 0.3) is 0 Å². The molecule has 8 heteroatoms. The average molecular weight is 288 g/mol. The molecule has 0 amide bonds. The van der Waals surface area contributed by atoms with Gasteiger partial charge >= 0.3 is 0 Å². The molecular formula is C10H10ClN3O3S. The summed E-state index contributed by atoms with van der Waals surface area (Å²) in [7, 11) is -2.24. The molecule has 0 saturated heterocycles. The number of ether oxygens (including phenoxy) is 1. The van der Waals surface area contributed by atoms with Gasteiger partial charge in [0, 0.05) is 6.07 Å². The monoisotopic (exact) mass is 287 g/mol. The molecule has 1 aromatic heterocycles. The minimum absolute atomic E-state index is 0.0404. The Morgan fingerprint density at radius 2 is 2.22 bits per heavy atom. The average Bonchev–Trinajstić information content (AvgIpc) is 2.86. The van der Waals surface area contributed by atoms with Crippen molar-refractivity contribution < 1.29 is 13.2 Å². The van der Waals surface area contributed by atoms with Crippen molar-refractivity contribution in [2.75, 3.05) is 11.8 Å². The molecule has 0 bridgehead atoms. The topological polar surface area (TPSA) is 84.1 Å². The van der Waals surface area contributed by atoms with Crippen LogP contribution in [0.2, 0.25) is 5.02 Å². The molecule has 96 valence electrons. The normalized spacial score (nSPS) is 11.2. The molecule has 1 heterocycles. The standard InChI is InChI=1S/C10H10ClN3O3S/c1-17-7-2-3-8(11)9(4-7)14-18(15,16)10-5-12-6-13-10/h2-6,14H,1H3,(H,12,13). The summed E-state index contributed by atoms with van der Waals surface area (Å²) < 4.78 is 31.2. The third-order valence-corrected chi connectivity index (χ3v) is 3.80. The van der Waals surface area contributed by atoms with Crippen LogP contribution >= 0.6 is 11.6 Å². The quantitative estimate of drug-likeness (QED) is 0.899. The van der Waals surface area contributed by atoms with E-state index in [0.717, 1.165) is 0 Å². The summed E-state index contributed by atoms with van der Waals surface area (Å²) in [6, 6.07) is 4.68. The summed E-state index contributed by atoms with van der Waals surface area (Å²) in [6.07, 6.45) is 2.48. The van der Waals surface area contributed by atoms with Gasteiger partial charge in [0.25, 0.3) is 10.0 Å². The van der Waals surface area contributed by atoms with E-state index in [9.17, 15) is 8.42 Å². The Hall–Kier alpha value is -1.73. The second-order valence-electron chi connectivity index (χ2n) is 3.37. The lowest BCUT2D eigenvalue weighted by Gasteiger charge is -2.09. The first kappa shape index (κ1) is 12.7. The molecule has 0 radical (unpaired) electrons. The van der Waals surface area contributed by atoms with Crippen molar-refractivity contribution in [3.63, 3.8) is 0 Å². The van der Waals surface area contributed by atoms with Gasteiger partial charge in [0.1, 0.15) is 5.75 Å². The molecule has 2 aromatic rings. The molecule has 2 N–H and O–H groups in total. The van der Waals surface area contributed by atoms with E-state index in [2.05, 4.69) is 14.7 Å². The zero-order valence-electron chi connectivity index (χ0n) is 9.34. The lowest BCUT2D eigenvalue weighted by atomic mass is 10.3. The summed E-state index contributed by atoms with van der Waals surface area (Å²) in [5.74, 6) is 0.502. The Morgan fingerprint density at radius 3 is 2.83 bits per heavy atom. The number of nitrogens with one attached hydrogen (secondary N) is 2. The molecule has 0 aliphatic carbocycles. The number of hydrogen-bond donors (Lipinski definition) is 2. The van der Waals surface area contributed by atoms with Gasteiger partial charge in [-0.15, -0.1) is 0 Å². The lowest BCUT2D eigenvalue weighted by Crippen LogP contribution is -2.13. The number of methoxy groups -OCH3 is 1. The maximum absolute atomic E-state index is 11.9. The second-order valence-corrected chi connectivity index (χ2v) is 5.43. The number of nitrogens with zero attached hydrogens (tertiary/aromatic N) is 1. The molecule has 0 unspecified atom stereocenters. The van der Waals surface area contributed by atoms with Crippen LogP contribution in [-0.4, -0.2) is 25.5 Å². The van der Waals surface area contributed by atoms with Crippen molar-refractivity contribution in [1.82, 2.24) is 9.97 Å². The van der Waals surface area contributed by atoms with E-state index < -0.39 is 10.0 Å². The summed E-state index contributed by atoms with van der Waals surface area (Å²) in [6.45, 7) is 0. The number of hydrogen-bond acceptors (Lipinski definition) is 4. The number of sulfonamides is 1. The number of aromatic nitrogens is 2. The Labute approximate surface area is 109 Å². The first-order chi connectivity index (χ1) is 8.53. The fraction of sp³-hybridized carbons (Fsp3) is 0.100. The molecule has 0 atom stereocenters. The predicted molar refractivity (Wildman–Crippen MR) is 67.4 cm³/mol. The van der Waals surface area contributed by atoms with Crippen molar-refractivity contribution in [1.29, 1.82) is 0 Å². The maximum Gasteiger partial charge on any atom is 0.279 e. The number of benzene rings is 1. The molecule has 0 spiro atoms. The third-order valence-electron chi connectivity index (χ3n) is 2.18. The van der Waals surface area contributed by atoms with Gasteiger partial charge in [-0.2, -0.15) is 8.42 Å². The molecule has 6 nitrogen and oxygen atoms in total. The fourth-order valence-electron chi connectivity index (χ4n) is 1.30. The van der Waals surface area contributed by atoms with Crippen LogP contribution in [0.4, 0.5) is 5.69 Å². The van der Waals surface area contributed by atoms with Gasteiger partial charge in [0.2, 0.25) is 0 Å². The second kappa shape index (κ2) is 4.87. The molecule has 0 aliphatic heterocycles. The van der Waals surface area contributed by atoms with Crippen LogP contribution < -0.4 is 9.46 Å². The molecule has 0 fully saturated rings. The van der Waals surface area contributed by atoms with Gasteiger partial charge in [0.15, 0.2) is 5.03 Å². The van der Waals surface area contributed by atoms with Crippen molar-refractivity contribution in [2.45, 2.75) is 5.03 Å². The molecule has 18 heavy (non-hydrogen) atoms. The smallest absolute Gasteiger partial charge is 0.279 e. The summed E-state index contributed by atoms with van der Waals surface area (Å²) in [5.41, 5.74) is 0.241.